The molecule has 0 aliphatic carbocycles. The summed E-state index contributed by atoms with van der Waals surface area (Å²) in [6.07, 6.45) is -5.26. The molecule has 8 heteroatoms. The van der Waals surface area contributed by atoms with E-state index in [-0.39, 0.29) is 10.6 Å². The monoisotopic (exact) mass is 316 g/mol. The van der Waals surface area contributed by atoms with E-state index in [1.54, 1.807) is 0 Å². The lowest BCUT2D eigenvalue weighted by Crippen LogP contribution is -2.36. The van der Waals surface area contributed by atoms with Crippen LogP contribution in [0.25, 0.3) is 0 Å². The van der Waals surface area contributed by atoms with Gasteiger partial charge in [-0.1, -0.05) is 11.6 Å². The molecule has 0 N–H and O–H groups in total. The Morgan fingerprint density at radius 1 is 1.26 bits per heavy atom. The number of halogens is 6. The second-order valence-electron chi connectivity index (χ2n) is 3.67. The van der Waals surface area contributed by atoms with Crippen LogP contribution in [-0.4, -0.2) is 23.1 Å². The maximum atomic E-state index is 13.4. The highest BCUT2D eigenvalue weighted by Gasteiger charge is 2.46. The molecule has 0 aliphatic rings. The minimum absolute atomic E-state index is 0.00215. The van der Waals surface area contributed by atoms with Crippen LogP contribution in [0, 0.1) is 12.7 Å². The van der Waals surface area contributed by atoms with Crippen molar-refractivity contribution < 1.29 is 27.2 Å². The van der Waals surface area contributed by atoms with E-state index < -0.39 is 34.5 Å². The fraction of sp³-hybridized carbons (Fsp3) is 0.273. The first-order valence-electron chi connectivity index (χ1n) is 4.80. The summed E-state index contributed by atoms with van der Waals surface area (Å²) in [7, 11) is 0. The van der Waals surface area contributed by atoms with Gasteiger partial charge in [0.05, 0.1) is 5.56 Å². The van der Waals surface area contributed by atoms with Crippen LogP contribution >= 0.6 is 23.2 Å². The third-order valence-electron chi connectivity index (χ3n) is 2.25. The number of hydrogen-bond acceptors (Lipinski definition) is 2. The number of benzene rings is 1. The normalized spacial score (nSPS) is 13.2. The van der Waals surface area contributed by atoms with E-state index in [4.69, 9.17) is 23.2 Å². The highest BCUT2D eigenvalue weighted by molar-refractivity contribution is 6.45. The van der Waals surface area contributed by atoms with Gasteiger partial charge in [-0.2, -0.15) is 13.2 Å². The van der Waals surface area contributed by atoms with Gasteiger partial charge in [-0.15, -0.1) is 11.6 Å². The van der Waals surface area contributed by atoms with Gasteiger partial charge in [0.2, 0.25) is 0 Å². The van der Waals surface area contributed by atoms with E-state index in [1.807, 2.05) is 0 Å². The molecule has 0 spiro atoms. The van der Waals surface area contributed by atoms with E-state index in [0.717, 1.165) is 12.1 Å². The number of rotatable bonds is 3. The van der Waals surface area contributed by atoms with Crippen molar-refractivity contribution in [2.75, 3.05) is 0 Å². The molecule has 1 rings (SSSR count). The van der Waals surface area contributed by atoms with Crippen LogP contribution in [0.2, 0.25) is 5.02 Å². The number of carbonyl (C=O) groups excluding carboxylic acids is 2. The van der Waals surface area contributed by atoms with Crippen molar-refractivity contribution in [2.45, 2.75) is 18.5 Å². The molecule has 1 unspecified atom stereocenters. The number of alkyl halides is 4. The molecule has 0 heterocycles. The molecule has 1 aromatic carbocycles. The van der Waals surface area contributed by atoms with Gasteiger partial charge >= 0.3 is 6.18 Å². The van der Waals surface area contributed by atoms with Gasteiger partial charge in [-0.25, -0.2) is 4.39 Å². The molecule has 2 nitrogen and oxygen atoms in total. The van der Waals surface area contributed by atoms with Gasteiger partial charge in [0.15, 0.2) is 11.2 Å². The number of hydrogen-bond donors (Lipinski definition) is 0. The minimum atomic E-state index is -5.26. The summed E-state index contributed by atoms with van der Waals surface area (Å²) in [4.78, 5) is 22.4. The third-order valence-corrected chi connectivity index (χ3v) is 3.06. The SMILES string of the molecule is Cc1cc(C(=O)C(Cl)C(=O)C(F)(F)F)c(F)cc1Cl. The topological polar surface area (TPSA) is 34.1 Å². The number of carbonyl (C=O) groups is 2. The minimum Gasteiger partial charge on any atom is -0.292 e. The van der Waals surface area contributed by atoms with Gasteiger partial charge in [0, 0.05) is 5.02 Å². The van der Waals surface area contributed by atoms with Crippen molar-refractivity contribution in [2.24, 2.45) is 0 Å². The molecule has 0 saturated heterocycles. The predicted octanol–water partition coefficient (Wildman–Crippen LogP) is 3.71. The molecule has 0 radical (unpaired) electrons. The summed E-state index contributed by atoms with van der Waals surface area (Å²) in [5, 5.41) is -2.52. The fourth-order valence-electron chi connectivity index (χ4n) is 1.25. The molecule has 0 aliphatic heterocycles. The zero-order valence-electron chi connectivity index (χ0n) is 9.32. The molecule has 1 atom stereocenters. The van der Waals surface area contributed by atoms with Crippen molar-refractivity contribution in [1.29, 1.82) is 0 Å². The van der Waals surface area contributed by atoms with Crippen molar-refractivity contribution in [1.82, 2.24) is 0 Å². The average Bonchev–Trinajstić information content (AvgIpc) is 2.29. The Hall–Kier alpha value is -1.14. The highest BCUT2D eigenvalue weighted by atomic mass is 35.5. The Bertz CT molecular complexity index is 540. The number of Topliss-reactive ketones (excluding diaryl/α,β-unsaturated/α-hetero) is 2. The second kappa shape index (κ2) is 5.46. The summed E-state index contributed by atoms with van der Waals surface area (Å²) in [6.45, 7) is 1.42. The van der Waals surface area contributed by atoms with Crippen LogP contribution in [0.4, 0.5) is 17.6 Å². The Morgan fingerprint density at radius 2 is 1.79 bits per heavy atom. The first kappa shape index (κ1) is 15.9. The summed E-state index contributed by atoms with van der Waals surface area (Å²) in [5.41, 5.74) is -0.436. The van der Waals surface area contributed by atoms with Gasteiger partial charge in [0.1, 0.15) is 5.82 Å². The van der Waals surface area contributed by atoms with E-state index in [0.29, 0.717) is 0 Å². The largest absolute Gasteiger partial charge is 0.452 e. The Morgan fingerprint density at radius 3 is 2.26 bits per heavy atom. The first-order chi connectivity index (χ1) is 8.55. The Kier molecular flexibility index (Phi) is 4.58. The van der Waals surface area contributed by atoms with E-state index in [2.05, 4.69) is 0 Å². The maximum Gasteiger partial charge on any atom is 0.452 e. The lowest BCUT2D eigenvalue weighted by molar-refractivity contribution is -0.169. The first-order valence-corrected chi connectivity index (χ1v) is 5.62. The fourth-order valence-corrected chi connectivity index (χ4v) is 1.64. The molecule has 104 valence electrons. The summed E-state index contributed by atoms with van der Waals surface area (Å²) < 4.78 is 49.8. The van der Waals surface area contributed by atoms with E-state index >= 15 is 0 Å². The average molecular weight is 317 g/mol. The van der Waals surface area contributed by atoms with Crippen molar-refractivity contribution >= 4 is 34.8 Å². The zero-order chi connectivity index (χ0) is 15.0. The summed E-state index contributed by atoms with van der Waals surface area (Å²) in [6, 6.07) is 1.71. The van der Waals surface area contributed by atoms with Crippen LogP contribution in [0.1, 0.15) is 15.9 Å². The Labute approximate surface area is 115 Å². The molecular weight excluding hydrogens is 311 g/mol. The van der Waals surface area contributed by atoms with Crippen LogP contribution in [-0.2, 0) is 4.79 Å². The van der Waals surface area contributed by atoms with E-state index in [9.17, 15) is 27.2 Å². The van der Waals surface area contributed by atoms with Crippen LogP contribution in [0.5, 0.6) is 0 Å². The molecule has 0 fully saturated rings. The van der Waals surface area contributed by atoms with Crippen LogP contribution in [0.3, 0.4) is 0 Å². The van der Waals surface area contributed by atoms with Crippen molar-refractivity contribution in [3.8, 4) is 0 Å². The van der Waals surface area contributed by atoms with E-state index in [1.165, 1.54) is 6.92 Å². The number of ketones is 2. The second-order valence-corrected chi connectivity index (χ2v) is 4.51. The quantitative estimate of drug-likeness (QED) is 0.369. The van der Waals surface area contributed by atoms with Gasteiger partial charge in [0.25, 0.3) is 5.78 Å². The summed E-state index contributed by atoms with van der Waals surface area (Å²) >= 11 is 10.7. The summed E-state index contributed by atoms with van der Waals surface area (Å²) in [5.74, 6) is -5.03. The standard InChI is InChI=1S/C11H6Cl2F4O2/c1-4-2-5(7(14)3-6(4)12)9(18)8(13)10(19)11(15,16)17/h2-3,8H,1H3. The van der Waals surface area contributed by atoms with Gasteiger partial charge in [-0.05, 0) is 24.6 Å². The Balaban J connectivity index is 3.15. The van der Waals surface area contributed by atoms with Gasteiger partial charge < -0.3 is 0 Å². The van der Waals surface area contributed by atoms with Gasteiger partial charge in [-0.3, -0.25) is 9.59 Å². The molecule has 0 saturated carbocycles. The van der Waals surface area contributed by atoms with Crippen molar-refractivity contribution in [3.63, 3.8) is 0 Å². The smallest absolute Gasteiger partial charge is 0.292 e. The molecular formula is C11H6Cl2F4O2. The molecule has 0 aromatic heterocycles. The zero-order valence-corrected chi connectivity index (χ0v) is 10.8. The molecule has 0 amide bonds. The molecule has 19 heavy (non-hydrogen) atoms. The lowest BCUT2D eigenvalue weighted by Gasteiger charge is -2.11. The highest BCUT2D eigenvalue weighted by Crippen LogP contribution is 2.26. The predicted molar refractivity (Wildman–Crippen MR) is 61.2 cm³/mol. The van der Waals surface area contributed by atoms with Crippen molar-refractivity contribution in [3.05, 3.63) is 34.1 Å². The lowest BCUT2D eigenvalue weighted by atomic mass is 10.0. The maximum absolute atomic E-state index is 13.4. The van der Waals surface area contributed by atoms with Crippen LogP contribution < -0.4 is 0 Å². The third kappa shape index (κ3) is 3.45. The number of aryl methyl sites for hydroxylation is 1. The molecule has 0 bridgehead atoms. The van der Waals surface area contributed by atoms with Crippen LogP contribution in [0.15, 0.2) is 12.1 Å². The molecule has 1 aromatic rings.